The summed E-state index contributed by atoms with van der Waals surface area (Å²) >= 11 is 0. The molecule has 1 heterocycles. The van der Waals surface area contributed by atoms with Crippen molar-refractivity contribution >= 4 is 29.3 Å². The molecule has 2 atom stereocenters. The van der Waals surface area contributed by atoms with Crippen molar-refractivity contribution in [1.82, 2.24) is 5.32 Å². The number of hydrogen-bond acceptors (Lipinski definition) is 3. The van der Waals surface area contributed by atoms with Gasteiger partial charge in [0, 0.05) is 23.4 Å². The Labute approximate surface area is 131 Å². The van der Waals surface area contributed by atoms with Crippen LogP contribution in [0.15, 0.2) is 28.7 Å². The highest BCUT2D eigenvalue weighted by Gasteiger charge is 2.18. The number of aryl methyl sites for hydroxylation is 1. The van der Waals surface area contributed by atoms with E-state index in [9.17, 15) is 4.79 Å². The molecule has 0 saturated carbocycles. The van der Waals surface area contributed by atoms with E-state index in [-0.39, 0.29) is 30.4 Å². The average Bonchev–Trinajstić information content (AvgIpc) is 2.74. The molecule has 4 nitrogen and oxygen atoms in total. The van der Waals surface area contributed by atoms with E-state index >= 15 is 0 Å². The molecule has 0 aliphatic heterocycles. The van der Waals surface area contributed by atoms with Gasteiger partial charge in [-0.25, -0.2) is 0 Å². The monoisotopic (exact) mass is 310 g/mol. The van der Waals surface area contributed by atoms with E-state index in [1.54, 1.807) is 0 Å². The first kappa shape index (κ1) is 17.5. The number of nitrogens with one attached hydrogen (secondary N) is 1. The summed E-state index contributed by atoms with van der Waals surface area (Å²) < 4.78 is 5.85. The number of halogens is 1. The minimum absolute atomic E-state index is 0. The number of carbonyl (C=O) groups excluding carboxylic acids is 1. The lowest BCUT2D eigenvalue weighted by atomic mass is 10.1. The van der Waals surface area contributed by atoms with Gasteiger partial charge in [0.1, 0.15) is 11.3 Å². The van der Waals surface area contributed by atoms with E-state index in [1.165, 1.54) is 0 Å². The van der Waals surface area contributed by atoms with Crippen molar-refractivity contribution in [2.75, 3.05) is 0 Å². The fraction of sp³-hybridized carbons (Fsp3) is 0.438. The molecule has 2 rings (SSSR count). The number of furan rings is 1. The van der Waals surface area contributed by atoms with Crippen molar-refractivity contribution in [3.05, 3.63) is 35.6 Å². The molecule has 0 aliphatic carbocycles. The van der Waals surface area contributed by atoms with Gasteiger partial charge in [-0.2, -0.15) is 0 Å². The third-order valence-electron chi connectivity index (χ3n) is 3.48. The molecule has 0 fully saturated rings. The lowest BCUT2D eigenvalue weighted by molar-refractivity contribution is -0.122. The van der Waals surface area contributed by atoms with E-state index < -0.39 is 0 Å². The highest BCUT2D eigenvalue weighted by Crippen LogP contribution is 2.29. The summed E-state index contributed by atoms with van der Waals surface area (Å²) in [4.78, 5) is 11.8. The zero-order valence-electron chi connectivity index (χ0n) is 12.7. The second-order valence-corrected chi connectivity index (χ2v) is 5.39. The van der Waals surface area contributed by atoms with Crippen LogP contribution in [-0.2, 0) is 4.79 Å². The molecule has 0 radical (unpaired) electrons. The number of nitrogens with two attached hydrogens (primary N) is 1. The minimum Gasteiger partial charge on any atom is -0.459 e. The Balaban J connectivity index is 0.00000220. The normalized spacial score (nSPS) is 13.5. The van der Waals surface area contributed by atoms with Crippen molar-refractivity contribution in [3.63, 3.8) is 0 Å². The Morgan fingerprint density at radius 2 is 2.00 bits per heavy atom. The molecule has 21 heavy (non-hydrogen) atoms. The fourth-order valence-electron chi connectivity index (χ4n) is 2.34. The number of para-hydroxylation sites is 1. The van der Waals surface area contributed by atoms with Gasteiger partial charge in [-0.05, 0) is 33.3 Å². The first-order chi connectivity index (χ1) is 9.49. The first-order valence-electron chi connectivity index (χ1n) is 7.02. The van der Waals surface area contributed by atoms with Crippen LogP contribution in [0.5, 0.6) is 0 Å². The Hall–Kier alpha value is -1.52. The summed E-state index contributed by atoms with van der Waals surface area (Å²) in [6.07, 6.45) is 1.14. The van der Waals surface area contributed by atoms with Gasteiger partial charge >= 0.3 is 0 Å². The van der Waals surface area contributed by atoms with Gasteiger partial charge in [0.05, 0.1) is 6.04 Å². The fourth-order valence-corrected chi connectivity index (χ4v) is 2.34. The average molecular weight is 311 g/mol. The van der Waals surface area contributed by atoms with Gasteiger partial charge in [-0.15, -0.1) is 12.4 Å². The number of carbonyl (C=O) groups is 1. The highest BCUT2D eigenvalue weighted by atomic mass is 35.5. The summed E-state index contributed by atoms with van der Waals surface area (Å²) in [5, 5.41) is 4.06. The molecule has 5 heteroatoms. The molecule has 0 aliphatic rings. The van der Waals surface area contributed by atoms with Gasteiger partial charge in [-0.3, -0.25) is 4.79 Å². The largest absolute Gasteiger partial charge is 0.459 e. The smallest absolute Gasteiger partial charge is 0.220 e. The van der Waals surface area contributed by atoms with Gasteiger partial charge in [0.25, 0.3) is 0 Å². The van der Waals surface area contributed by atoms with Crippen molar-refractivity contribution < 1.29 is 9.21 Å². The molecular formula is C16H23ClN2O2. The Morgan fingerprint density at radius 1 is 1.33 bits per heavy atom. The molecule has 3 N–H and O–H groups in total. The Bertz CT molecular complexity index is 607. The van der Waals surface area contributed by atoms with Crippen LogP contribution >= 0.6 is 12.4 Å². The maximum absolute atomic E-state index is 11.8. The van der Waals surface area contributed by atoms with Crippen molar-refractivity contribution in [3.8, 4) is 0 Å². The number of hydrogen-bond donors (Lipinski definition) is 2. The Kier molecular flexibility index (Phi) is 6.24. The van der Waals surface area contributed by atoms with Crippen molar-refractivity contribution in [1.29, 1.82) is 0 Å². The van der Waals surface area contributed by atoms with Crippen molar-refractivity contribution in [2.24, 2.45) is 5.73 Å². The predicted molar refractivity (Wildman–Crippen MR) is 87.6 cm³/mol. The van der Waals surface area contributed by atoms with Crippen LogP contribution in [-0.4, -0.2) is 11.9 Å². The second-order valence-electron chi connectivity index (χ2n) is 5.39. The van der Waals surface area contributed by atoms with E-state index in [2.05, 4.69) is 5.32 Å². The van der Waals surface area contributed by atoms with Crippen LogP contribution in [0.25, 0.3) is 11.0 Å². The Morgan fingerprint density at radius 3 is 2.62 bits per heavy atom. The molecule has 1 aromatic heterocycles. The number of amides is 1. The van der Waals surface area contributed by atoms with Crippen LogP contribution in [0, 0.1) is 6.92 Å². The van der Waals surface area contributed by atoms with Gasteiger partial charge in [-0.1, -0.05) is 18.2 Å². The summed E-state index contributed by atoms with van der Waals surface area (Å²) in [6, 6.07) is 7.81. The molecule has 2 unspecified atom stereocenters. The summed E-state index contributed by atoms with van der Waals surface area (Å²) in [7, 11) is 0. The van der Waals surface area contributed by atoms with E-state index in [1.807, 2.05) is 45.0 Å². The van der Waals surface area contributed by atoms with Crippen LogP contribution < -0.4 is 11.1 Å². The third-order valence-corrected chi connectivity index (χ3v) is 3.48. The molecule has 2 aromatic rings. The molecule has 0 bridgehead atoms. The second kappa shape index (κ2) is 7.48. The topological polar surface area (TPSA) is 68.3 Å². The third kappa shape index (κ3) is 4.22. The zero-order valence-corrected chi connectivity index (χ0v) is 13.5. The summed E-state index contributed by atoms with van der Waals surface area (Å²) in [6.45, 7) is 5.86. The zero-order chi connectivity index (χ0) is 14.7. The standard InChI is InChI=1S/C16H22N2O2.ClH/c1-10(17)8-9-15(19)18-12(3)16-11(2)13-6-4-5-7-14(13)20-16;/h4-7,10,12H,8-9,17H2,1-3H3,(H,18,19);1H. The van der Waals surface area contributed by atoms with Crippen LogP contribution in [0.2, 0.25) is 0 Å². The maximum Gasteiger partial charge on any atom is 0.220 e. The van der Waals surface area contributed by atoms with E-state index in [0.717, 1.165) is 22.3 Å². The summed E-state index contributed by atoms with van der Waals surface area (Å²) in [5.74, 6) is 0.829. The number of fused-ring (bicyclic) bond motifs is 1. The minimum atomic E-state index is -0.136. The van der Waals surface area contributed by atoms with Crippen LogP contribution in [0.3, 0.4) is 0 Å². The molecular weight excluding hydrogens is 288 g/mol. The highest BCUT2D eigenvalue weighted by molar-refractivity contribution is 5.85. The lowest BCUT2D eigenvalue weighted by Crippen LogP contribution is -2.28. The lowest BCUT2D eigenvalue weighted by Gasteiger charge is -2.13. The number of benzene rings is 1. The maximum atomic E-state index is 11.8. The van der Waals surface area contributed by atoms with Crippen LogP contribution in [0.1, 0.15) is 44.1 Å². The molecule has 1 amide bonds. The van der Waals surface area contributed by atoms with Gasteiger partial charge < -0.3 is 15.5 Å². The molecule has 0 spiro atoms. The predicted octanol–water partition coefficient (Wildman–Crippen LogP) is 3.47. The first-order valence-corrected chi connectivity index (χ1v) is 7.02. The summed E-state index contributed by atoms with van der Waals surface area (Å²) in [5.41, 5.74) is 7.60. The molecule has 1 aromatic carbocycles. The van der Waals surface area contributed by atoms with Gasteiger partial charge in [0.2, 0.25) is 5.91 Å². The quantitative estimate of drug-likeness (QED) is 0.888. The van der Waals surface area contributed by atoms with E-state index in [4.69, 9.17) is 10.2 Å². The SMILES string of the molecule is Cc1c(C(C)NC(=O)CCC(C)N)oc2ccccc12.Cl. The van der Waals surface area contributed by atoms with Crippen molar-refractivity contribution in [2.45, 2.75) is 45.7 Å². The van der Waals surface area contributed by atoms with Gasteiger partial charge in [0.15, 0.2) is 0 Å². The van der Waals surface area contributed by atoms with E-state index in [0.29, 0.717) is 12.8 Å². The number of rotatable bonds is 5. The molecule has 116 valence electrons. The van der Waals surface area contributed by atoms with Crippen LogP contribution in [0.4, 0.5) is 0 Å². The molecule has 0 saturated heterocycles.